The molecule has 3 N–H and O–H groups in total. The van der Waals surface area contributed by atoms with E-state index in [4.69, 9.17) is 0 Å². The summed E-state index contributed by atoms with van der Waals surface area (Å²) in [6.45, 7) is 2.02. The van der Waals surface area contributed by atoms with Crippen molar-refractivity contribution >= 4 is 17.5 Å². The van der Waals surface area contributed by atoms with Gasteiger partial charge in [0.25, 0.3) is 5.56 Å². The first-order valence-corrected chi connectivity index (χ1v) is 5.90. The Morgan fingerprint density at radius 1 is 1.21 bits per heavy atom. The van der Waals surface area contributed by atoms with Crippen molar-refractivity contribution in [3.63, 3.8) is 0 Å². The zero-order chi connectivity index (χ0) is 13.7. The number of amides is 2. The number of carbonyl (C=O) groups is 1. The second-order valence-electron chi connectivity index (χ2n) is 3.90. The molecule has 19 heavy (non-hydrogen) atoms. The van der Waals surface area contributed by atoms with E-state index in [1.165, 1.54) is 12.1 Å². The number of nitrogens with one attached hydrogen (secondary N) is 3. The first kappa shape index (κ1) is 12.8. The Balaban J connectivity index is 2.05. The first-order chi connectivity index (χ1) is 9.19. The standard InChI is InChI=1S/C13H14N4O2/c1-2-9-5-3-4-6-10(9)14-13(19)15-11-7-8-12(18)17-16-11/h3-8H,2H2,1H3,(H,17,18)(H2,14,15,16,19). The van der Waals surface area contributed by atoms with E-state index in [0.717, 1.165) is 17.7 Å². The number of urea groups is 1. The highest BCUT2D eigenvalue weighted by atomic mass is 16.2. The van der Waals surface area contributed by atoms with Crippen LogP contribution < -0.4 is 16.2 Å². The molecular formula is C13H14N4O2. The van der Waals surface area contributed by atoms with Gasteiger partial charge in [0.15, 0.2) is 5.82 Å². The van der Waals surface area contributed by atoms with Gasteiger partial charge in [-0.25, -0.2) is 9.89 Å². The second kappa shape index (κ2) is 5.81. The molecule has 2 aromatic rings. The molecule has 0 saturated heterocycles. The molecule has 6 heteroatoms. The molecule has 0 atom stereocenters. The molecule has 0 radical (unpaired) electrons. The first-order valence-electron chi connectivity index (χ1n) is 5.90. The van der Waals surface area contributed by atoms with Gasteiger partial charge in [0, 0.05) is 11.8 Å². The Bertz CT molecular complexity index is 616. The van der Waals surface area contributed by atoms with Gasteiger partial charge in [-0.2, -0.15) is 5.10 Å². The highest BCUT2D eigenvalue weighted by Crippen LogP contribution is 2.15. The van der Waals surface area contributed by atoms with Crippen LogP contribution in [-0.2, 0) is 6.42 Å². The van der Waals surface area contributed by atoms with Crippen LogP contribution in [0.25, 0.3) is 0 Å². The van der Waals surface area contributed by atoms with Crippen molar-refractivity contribution in [2.24, 2.45) is 0 Å². The van der Waals surface area contributed by atoms with E-state index >= 15 is 0 Å². The molecule has 2 rings (SSSR count). The summed E-state index contributed by atoms with van der Waals surface area (Å²) in [4.78, 5) is 22.6. The van der Waals surface area contributed by atoms with E-state index in [1.54, 1.807) is 0 Å². The fourth-order valence-corrected chi connectivity index (χ4v) is 1.63. The van der Waals surface area contributed by atoms with Crippen molar-refractivity contribution in [3.05, 3.63) is 52.3 Å². The molecule has 98 valence electrons. The Labute approximate surface area is 109 Å². The molecule has 0 fully saturated rings. The number of H-pyrrole nitrogens is 1. The molecule has 1 aromatic carbocycles. The third kappa shape index (κ3) is 3.41. The van der Waals surface area contributed by atoms with Gasteiger partial charge in [-0.15, -0.1) is 0 Å². The van der Waals surface area contributed by atoms with E-state index in [-0.39, 0.29) is 11.4 Å². The quantitative estimate of drug-likeness (QED) is 0.786. The maximum Gasteiger partial charge on any atom is 0.324 e. The van der Waals surface area contributed by atoms with Crippen molar-refractivity contribution in [2.75, 3.05) is 10.6 Å². The van der Waals surface area contributed by atoms with Crippen molar-refractivity contribution in [2.45, 2.75) is 13.3 Å². The second-order valence-corrected chi connectivity index (χ2v) is 3.90. The SMILES string of the molecule is CCc1ccccc1NC(=O)Nc1ccc(=O)[nH]n1. The number of aromatic amines is 1. The lowest BCUT2D eigenvalue weighted by molar-refractivity contribution is 0.262. The van der Waals surface area contributed by atoms with Gasteiger partial charge >= 0.3 is 6.03 Å². The van der Waals surface area contributed by atoms with Gasteiger partial charge in [0.2, 0.25) is 0 Å². The number of carbonyl (C=O) groups excluding carboxylic acids is 1. The van der Waals surface area contributed by atoms with Gasteiger partial charge in [-0.05, 0) is 24.1 Å². The van der Waals surface area contributed by atoms with E-state index in [0.29, 0.717) is 0 Å². The van der Waals surface area contributed by atoms with Crippen LogP contribution in [0, 0.1) is 0 Å². The number of rotatable bonds is 3. The van der Waals surface area contributed by atoms with Crippen molar-refractivity contribution < 1.29 is 4.79 Å². The summed E-state index contributed by atoms with van der Waals surface area (Å²) in [7, 11) is 0. The van der Waals surface area contributed by atoms with Gasteiger partial charge in [0.1, 0.15) is 0 Å². The topological polar surface area (TPSA) is 86.9 Å². The van der Waals surface area contributed by atoms with E-state index in [1.807, 2.05) is 31.2 Å². The number of hydrogen-bond acceptors (Lipinski definition) is 3. The number of benzene rings is 1. The largest absolute Gasteiger partial charge is 0.324 e. The maximum absolute atomic E-state index is 11.8. The minimum absolute atomic E-state index is 0.283. The van der Waals surface area contributed by atoms with Crippen LogP contribution in [0.2, 0.25) is 0 Å². The average molecular weight is 258 g/mol. The summed E-state index contributed by atoms with van der Waals surface area (Å²) in [6.07, 6.45) is 0.827. The monoisotopic (exact) mass is 258 g/mol. The summed E-state index contributed by atoms with van der Waals surface area (Å²) in [5.74, 6) is 0.283. The molecule has 0 saturated carbocycles. The molecule has 0 aliphatic carbocycles. The molecule has 0 spiro atoms. The van der Waals surface area contributed by atoms with Gasteiger partial charge in [0.05, 0.1) is 0 Å². The van der Waals surface area contributed by atoms with Crippen LogP contribution in [0.1, 0.15) is 12.5 Å². The Kier molecular flexibility index (Phi) is 3.92. The lowest BCUT2D eigenvalue weighted by atomic mass is 10.1. The minimum Gasteiger partial charge on any atom is -0.307 e. The molecular weight excluding hydrogens is 244 g/mol. The zero-order valence-electron chi connectivity index (χ0n) is 10.4. The lowest BCUT2D eigenvalue weighted by Crippen LogP contribution is -2.22. The molecule has 1 heterocycles. The summed E-state index contributed by atoms with van der Waals surface area (Å²) in [6, 6.07) is 9.89. The molecule has 2 amide bonds. The fraction of sp³-hybridized carbons (Fsp3) is 0.154. The Hall–Kier alpha value is -2.63. The van der Waals surface area contributed by atoms with Gasteiger partial charge < -0.3 is 5.32 Å². The predicted octanol–water partition coefficient (Wildman–Crippen LogP) is 1.98. The van der Waals surface area contributed by atoms with E-state index in [9.17, 15) is 9.59 Å². The van der Waals surface area contributed by atoms with Crippen molar-refractivity contribution in [1.29, 1.82) is 0 Å². The smallest absolute Gasteiger partial charge is 0.307 e. The number of aromatic nitrogens is 2. The van der Waals surface area contributed by atoms with Crippen LogP contribution in [0.4, 0.5) is 16.3 Å². The Morgan fingerprint density at radius 2 is 2.00 bits per heavy atom. The molecule has 0 unspecified atom stereocenters. The van der Waals surface area contributed by atoms with Crippen LogP contribution in [0.3, 0.4) is 0 Å². The van der Waals surface area contributed by atoms with Crippen LogP contribution in [0.5, 0.6) is 0 Å². The summed E-state index contributed by atoms with van der Waals surface area (Å²) in [5, 5.41) is 11.2. The van der Waals surface area contributed by atoms with Crippen LogP contribution >= 0.6 is 0 Å². The van der Waals surface area contributed by atoms with E-state index in [2.05, 4.69) is 20.8 Å². The predicted molar refractivity (Wildman–Crippen MR) is 73.3 cm³/mol. The maximum atomic E-state index is 11.8. The summed E-state index contributed by atoms with van der Waals surface area (Å²) < 4.78 is 0. The average Bonchev–Trinajstić information content (AvgIpc) is 2.42. The molecule has 1 aromatic heterocycles. The normalized spacial score (nSPS) is 9.95. The highest BCUT2D eigenvalue weighted by Gasteiger charge is 2.06. The van der Waals surface area contributed by atoms with Crippen LogP contribution in [-0.4, -0.2) is 16.2 Å². The number of aryl methyl sites for hydroxylation is 1. The minimum atomic E-state index is -0.402. The number of hydrogen-bond donors (Lipinski definition) is 3. The van der Waals surface area contributed by atoms with Crippen LogP contribution in [0.15, 0.2) is 41.2 Å². The molecule has 0 aliphatic heterocycles. The Morgan fingerprint density at radius 3 is 2.68 bits per heavy atom. The number of nitrogens with zero attached hydrogens (tertiary/aromatic N) is 1. The third-order valence-electron chi connectivity index (χ3n) is 2.57. The zero-order valence-corrected chi connectivity index (χ0v) is 10.4. The number of anilines is 2. The molecule has 0 aliphatic rings. The van der Waals surface area contributed by atoms with Gasteiger partial charge in [-0.1, -0.05) is 25.1 Å². The van der Waals surface area contributed by atoms with Crippen molar-refractivity contribution in [3.8, 4) is 0 Å². The summed E-state index contributed by atoms with van der Waals surface area (Å²) >= 11 is 0. The fourth-order valence-electron chi connectivity index (χ4n) is 1.63. The third-order valence-corrected chi connectivity index (χ3v) is 2.57. The summed E-state index contributed by atoms with van der Waals surface area (Å²) in [5.41, 5.74) is 1.49. The molecule has 6 nitrogen and oxygen atoms in total. The van der Waals surface area contributed by atoms with Crippen molar-refractivity contribution in [1.82, 2.24) is 10.2 Å². The number of para-hydroxylation sites is 1. The lowest BCUT2D eigenvalue weighted by Gasteiger charge is -2.10. The molecule has 0 bridgehead atoms. The highest BCUT2D eigenvalue weighted by molar-refractivity contribution is 5.99. The van der Waals surface area contributed by atoms with E-state index < -0.39 is 6.03 Å². The van der Waals surface area contributed by atoms with Gasteiger partial charge in [-0.3, -0.25) is 10.1 Å².